The molecule has 0 bridgehead atoms. The smallest absolute Gasteiger partial charge is 0.270 e. The second-order valence-corrected chi connectivity index (χ2v) is 5.30. The van der Waals surface area contributed by atoms with Gasteiger partial charge in [0, 0.05) is 11.8 Å². The Labute approximate surface area is 138 Å². The first kappa shape index (κ1) is 15.7. The number of nitrogens with one attached hydrogen (secondary N) is 2. The lowest BCUT2D eigenvalue weighted by Crippen LogP contribution is -2.41. The van der Waals surface area contributed by atoms with Gasteiger partial charge in [-0.2, -0.15) is 0 Å². The highest BCUT2D eigenvalue weighted by molar-refractivity contribution is 6.07. The lowest BCUT2D eigenvalue weighted by molar-refractivity contribution is -0.121. The van der Waals surface area contributed by atoms with Gasteiger partial charge in [-0.1, -0.05) is 25.1 Å². The Balaban J connectivity index is 1.96. The number of carbonyl (C=O) groups is 2. The lowest BCUT2D eigenvalue weighted by Gasteiger charge is -2.10. The molecule has 2 heterocycles. The fraction of sp³-hybridized carbons (Fsp3) is 0.167. The molecule has 122 valence electrons. The van der Waals surface area contributed by atoms with Crippen molar-refractivity contribution in [2.75, 3.05) is 0 Å². The minimum absolute atomic E-state index is 0.226. The highest BCUT2D eigenvalue weighted by atomic mass is 16.3. The zero-order valence-electron chi connectivity index (χ0n) is 13.2. The molecule has 0 atom stereocenters. The van der Waals surface area contributed by atoms with Crippen LogP contribution in [0, 0.1) is 0 Å². The number of para-hydroxylation sites is 1. The number of nitrogens with zero attached hydrogens (tertiary/aromatic N) is 1. The Hall–Kier alpha value is -3.15. The minimum atomic E-state index is -0.397. The van der Waals surface area contributed by atoms with Crippen LogP contribution in [0.2, 0.25) is 0 Å². The van der Waals surface area contributed by atoms with Crippen LogP contribution in [0.15, 0.2) is 53.1 Å². The van der Waals surface area contributed by atoms with E-state index < -0.39 is 5.91 Å². The highest BCUT2D eigenvalue weighted by Crippen LogP contribution is 2.25. The molecule has 0 radical (unpaired) electrons. The van der Waals surface area contributed by atoms with Crippen molar-refractivity contribution < 1.29 is 14.0 Å². The van der Waals surface area contributed by atoms with Crippen molar-refractivity contribution in [3.8, 4) is 11.5 Å². The molecule has 1 aromatic carbocycles. The third kappa shape index (κ3) is 3.27. The number of carbonyl (C=O) groups excluding carboxylic acids is 2. The van der Waals surface area contributed by atoms with E-state index in [0.717, 1.165) is 0 Å². The molecule has 0 aliphatic carbocycles. The van der Waals surface area contributed by atoms with Gasteiger partial charge in [-0.15, -0.1) is 0 Å². The van der Waals surface area contributed by atoms with Crippen LogP contribution in [0.3, 0.4) is 0 Å². The summed E-state index contributed by atoms with van der Waals surface area (Å²) in [6, 6.07) is 12.5. The fourth-order valence-corrected chi connectivity index (χ4v) is 2.40. The number of hydrazine groups is 1. The molecule has 6 nitrogen and oxygen atoms in total. The van der Waals surface area contributed by atoms with Crippen molar-refractivity contribution >= 4 is 22.7 Å². The molecule has 0 unspecified atom stereocenters. The summed E-state index contributed by atoms with van der Waals surface area (Å²) in [6.07, 6.45) is 2.62. The van der Waals surface area contributed by atoms with Gasteiger partial charge in [-0.05, 0) is 30.7 Å². The summed E-state index contributed by atoms with van der Waals surface area (Å²) in [5.74, 6) is -0.0499. The molecule has 2 amide bonds. The average Bonchev–Trinajstić information content (AvgIpc) is 3.13. The van der Waals surface area contributed by atoms with Gasteiger partial charge in [0.1, 0.15) is 5.69 Å². The number of furan rings is 1. The van der Waals surface area contributed by atoms with E-state index in [1.807, 2.05) is 31.2 Å². The van der Waals surface area contributed by atoms with Crippen molar-refractivity contribution in [2.24, 2.45) is 0 Å². The normalized spacial score (nSPS) is 10.5. The summed E-state index contributed by atoms with van der Waals surface area (Å²) in [6.45, 7) is 1.90. The monoisotopic (exact) mass is 323 g/mol. The summed E-state index contributed by atoms with van der Waals surface area (Å²) in [5, 5.41) is 0.704. The first-order chi connectivity index (χ1) is 11.7. The van der Waals surface area contributed by atoms with Crippen LogP contribution in [-0.4, -0.2) is 16.8 Å². The number of aromatic nitrogens is 1. The van der Waals surface area contributed by atoms with Gasteiger partial charge < -0.3 is 4.42 Å². The van der Waals surface area contributed by atoms with Crippen LogP contribution in [-0.2, 0) is 4.79 Å². The predicted octanol–water partition coefficient (Wildman–Crippen LogP) is 3.06. The molecule has 0 aliphatic rings. The molecule has 6 heteroatoms. The van der Waals surface area contributed by atoms with Crippen molar-refractivity contribution in [1.82, 2.24) is 15.8 Å². The number of benzene rings is 1. The van der Waals surface area contributed by atoms with E-state index in [-0.39, 0.29) is 5.91 Å². The van der Waals surface area contributed by atoms with Gasteiger partial charge in [0.2, 0.25) is 5.91 Å². The summed E-state index contributed by atoms with van der Waals surface area (Å²) in [4.78, 5) is 28.6. The van der Waals surface area contributed by atoms with E-state index in [9.17, 15) is 9.59 Å². The van der Waals surface area contributed by atoms with E-state index in [2.05, 4.69) is 15.8 Å². The van der Waals surface area contributed by atoms with Crippen molar-refractivity contribution in [1.29, 1.82) is 0 Å². The number of rotatable bonds is 4. The van der Waals surface area contributed by atoms with Gasteiger partial charge in [-0.25, -0.2) is 4.98 Å². The predicted molar refractivity (Wildman–Crippen MR) is 90.0 cm³/mol. The quantitative estimate of drug-likeness (QED) is 0.723. The van der Waals surface area contributed by atoms with Gasteiger partial charge in [0.05, 0.1) is 17.3 Å². The summed E-state index contributed by atoms with van der Waals surface area (Å²) >= 11 is 0. The van der Waals surface area contributed by atoms with E-state index in [1.165, 1.54) is 0 Å². The topological polar surface area (TPSA) is 84.2 Å². The molecule has 0 fully saturated rings. The molecule has 0 saturated carbocycles. The first-order valence-electron chi connectivity index (χ1n) is 7.72. The standard InChI is InChI=1S/C18H17N3O3/c1-2-6-17(22)20-21-18(23)13-11-15(16-9-5-10-24-16)19-14-8-4-3-7-12(13)14/h3-5,7-11H,2,6H2,1H3,(H,20,22)(H,21,23). The average molecular weight is 323 g/mol. The second kappa shape index (κ2) is 6.95. The Morgan fingerprint density at radius 3 is 2.71 bits per heavy atom. The SMILES string of the molecule is CCCC(=O)NNC(=O)c1cc(-c2ccco2)nc2ccccc12. The minimum Gasteiger partial charge on any atom is -0.463 e. The number of hydrogen-bond donors (Lipinski definition) is 2. The number of fused-ring (bicyclic) bond motifs is 1. The van der Waals surface area contributed by atoms with Crippen molar-refractivity contribution in [3.63, 3.8) is 0 Å². The lowest BCUT2D eigenvalue weighted by atomic mass is 10.1. The maximum absolute atomic E-state index is 12.5. The highest BCUT2D eigenvalue weighted by Gasteiger charge is 2.15. The van der Waals surface area contributed by atoms with E-state index >= 15 is 0 Å². The molecule has 3 rings (SSSR count). The van der Waals surface area contributed by atoms with Crippen LogP contribution >= 0.6 is 0 Å². The summed E-state index contributed by atoms with van der Waals surface area (Å²) in [5.41, 5.74) is 6.53. The Kier molecular flexibility index (Phi) is 4.56. The number of hydrogen-bond acceptors (Lipinski definition) is 4. The first-order valence-corrected chi connectivity index (χ1v) is 7.72. The largest absolute Gasteiger partial charge is 0.463 e. The molecule has 0 saturated heterocycles. The van der Waals surface area contributed by atoms with Gasteiger partial charge in [0.15, 0.2) is 5.76 Å². The molecular formula is C18H17N3O3. The fourth-order valence-electron chi connectivity index (χ4n) is 2.40. The maximum Gasteiger partial charge on any atom is 0.270 e. The van der Waals surface area contributed by atoms with E-state index in [1.54, 1.807) is 24.5 Å². The molecule has 2 aromatic heterocycles. The van der Waals surface area contributed by atoms with Crippen LogP contribution < -0.4 is 10.9 Å². The third-order valence-corrected chi connectivity index (χ3v) is 3.53. The van der Waals surface area contributed by atoms with Gasteiger partial charge in [-0.3, -0.25) is 20.4 Å². The zero-order valence-corrected chi connectivity index (χ0v) is 13.2. The van der Waals surface area contributed by atoms with Gasteiger partial charge in [0.25, 0.3) is 5.91 Å². The third-order valence-electron chi connectivity index (χ3n) is 3.53. The second-order valence-electron chi connectivity index (χ2n) is 5.30. The van der Waals surface area contributed by atoms with Crippen molar-refractivity contribution in [2.45, 2.75) is 19.8 Å². The van der Waals surface area contributed by atoms with Crippen LogP contribution in [0.5, 0.6) is 0 Å². The number of amides is 2. The van der Waals surface area contributed by atoms with Gasteiger partial charge >= 0.3 is 0 Å². The van der Waals surface area contributed by atoms with Crippen LogP contribution in [0.1, 0.15) is 30.1 Å². The summed E-state index contributed by atoms with van der Waals surface area (Å²) < 4.78 is 5.37. The Morgan fingerprint density at radius 1 is 1.12 bits per heavy atom. The molecule has 2 N–H and O–H groups in total. The summed E-state index contributed by atoms with van der Waals surface area (Å²) in [7, 11) is 0. The van der Waals surface area contributed by atoms with Crippen LogP contribution in [0.25, 0.3) is 22.4 Å². The zero-order chi connectivity index (χ0) is 16.9. The molecule has 0 aliphatic heterocycles. The molecule has 0 spiro atoms. The molecule has 24 heavy (non-hydrogen) atoms. The molecule has 3 aromatic rings. The van der Waals surface area contributed by atoms with E-state index in [0.29, 0.717) is 40.8 Å². The maximum atomic E-state index is 12.5. The van der Waals surface area contributed by atoms with E-state index in [4.69, 9.17) is 4.42 Å². The molecular weight excluding hydrogens is 306 g/mol. The van der Waals surface area contributed by atoms with Crippen molar-refractivity contribution in [3.05, 3.63) is 54.3 Å². The Bertz CT molecular complexity index is 872. The number of pyridine rings is 1. The Morgan fingerprint density at radius 2 is 1.96 bits per heavy atom. The van der Waals surface area contributed by atoms with Crippen LogP contribution in [0.4, 0.5) is 0 Å².